The predicted molar refractivity (Wildman–Crippen MR) is 72.1 cm³/mol. The molecule has 6 heteroatoms. The molecule has 0 atom stereocenters. The van der Waals surface area contributed by atoms with E-state index >= 15 is 0 Å². The van der Waals surface area contributed by atoms with E-state index in [-0.39, 0.29) is 10.6 Å². The fraction of sp³-hybridized carbons (Fsp3) is 0.545. The van der Waals surface area contributed by atoms with Crippen molar-refractivity contribution in [1.29, 1.82) is 0 Å². The van der Waals surface area contributed by atoms with Gasteiger partial charge in [-0.05, 0) is 20.8 Å². The molecule has 0 saturated heterocycles. The van der Waals surface area contributed by atoms with Crippen molar-refractivity contribution in [2.24, 2.45) is 5.73 Å². The van der Waals surface area contributed by atoms with Gasteiger partial charge in [-0.25, -0.2) is 9.97 Å². The van der Waals surface area contributed by atoms with Gasteiger partial charge in [0.2, 0.25) is 0 Å². The van der Waals surface area contributed by atoms with Crippen molar-refractivity contribution in [2.75, 3.05) is 18.5 Å². The molecule has 17 heavy (non-hydrogen) atoms. The fourth-order valence-corrected chi connectivity index (χ4v) is 1.54. The third-order valence-corrected chi connectivity index (χ3v) is 2.34. The van der Waals surface area contributed by atoms with E-state index in [1.54, 1.807) is 12.4 Å². The second kappa shape index (κ2) is 5.88. The molecular formula is C11H18N4OS. The topological polar surface area (TPSA) is 73.1 Å². The van der Waals surface area contributed by atoms with E-state index in [1.165, 1.54) is 0 Å². The maximum absolute atomic E-state index is 5.58. The van der Waals surface area contributed by atoms with Crippen molar-refractivity contribution in [3.63, 3.8) is 0 Å². The number of nitrogens with zero attached hydrogens (tertiary/aromatic N) is 2. The highest BCUT2D eigenvalue weighted by atomic mass is 32.1. The zero-order valence-corrected chi connectivity index (χ0v) is 11.2. The van der Waals surface area contributed by atoms with E-state index in [2.05, 4.69) is 15.3 Å². The zero-order chi connectivity index (χ0) is 12.9. The van der Waals surface area contributed by atoms with E-state index in [0.29, 0.717) is 24.7 Å². The van der Waals surface area contributed by atoms with Gasteiger partial charge < -0.3 is 15.8 Å². The smallest absolute Gasteiger partial charge is 0.155 e. The molecule has 1 rings (SSSR count). The average molecular weight is 254 g/mol. The van der Waals surface area contributed by atoms with E-state index in [9.17, 15) is 0 Å². The molecule has 1 aromatic rings. The SMILES string of the molecule is CCOC(C)(C)CNc1nccnc1C(N)=S. The van der Waals surface area contributed by atoms with Gasteiger partial charge in [-0.1, -0.05) is 12.2 Å². The Balaban J connectivity index is 2.72. The molecule has 94 valence electrons. The molecule has 0 bridgehead atoms. The van der Waals surface area contributed by atoms with Gasteiger partial charge in [0.05, 0.1) is 5.60 Å². The van der Waals surface area contributed by atoms with Gasteiger partial charge in [0.1, 0.15) is 10.7 Å². The number of rotatable bonds is 6. The first-order chi connectivity index (χ1) is 7.96. The van der Waals surface area contributed by atoms with Crippen LogP contribution < -0.4 is 11.1 Å². The molecule has 0 aromatic carbocycles. The summed E-state index contributed by atoms with van der Waals surface area (Å²) in [6.45, 7) is 7.23. The number of anilines is 1. The summed E-state index contributed by atoms with van der Waals surface area (Å²) in [5.41, 5.74) is 5.80. The molecule has 0 unspecified atom stereocenters. The summed E-state index contributed by atoms with van der Waals surface area (Å²) in [6.07, 6.45) is 3.16. The van der Waals surface area contributed by atoms with Crippen molar-refractivity contribution in [1.82, 2.24) is 9.97 Å². The highest BCUT2D eigenvalue weighted by Gasteiger charge is 2.18. The summed E-state index contributed by atoms with van der Waals surface area (Å²) < 4.78 is 5.58. The van der Waals surface area contributed by atoms with E-state index in [4.69, 9.17) is 22.7 Å². The van der Waals surface area contributed by atoms with Gasteiger partial charge in [0, 0.05) is 25.5 Å². The van der Waals surface area contributed by atoms with Crippen LogP contribution in [0.15, 0.2) is 12.4 Å². The molecule has 0 aliphatic heterocycles. The van der Waals surface area contributed by atoms with Crippen LogP contribution in [0.4, 0.5) is 5.82 Å². The number of hydrogen-bond donors (Lipinski definition) is 2. The van der Waals surface area contributed by atoms with E-state index in [0.717, 1.165) is 0 Å². The van der Waals surface area contributed by atoms with Crippen LogP contribution in [0.5, 0.6) is 0 Å². The summed E-state index contributed by atoms with van der Waals surface area (Å²) in [4.78, 5) is 8.49. The first-order valence-corrected chi connectivity index (χ1v) is 5.86. The highest BCUT2D eigenvalue weighted by molar-refractivity contribution is 7.80. The molecule has 3 N–H and O–H groups in total. The Morgan fingerprint density at radius 3 is 2.71 bits per heavy atom. The Hall–Kier alpha value is -1.27. The summed E-state index contributed by atoms with van der Waals surface area (Å²) in [7, 11) is 0. The molecule has 5 nitrogen and oxygen atoms in total. The maximum atomic E-state index is 5.58. The standard InChI is InChI=1S/C11H18N4OS/c1-4-16-11(2,3)7-15-10-8(9(12)17)13-5-6-14-10/h5-6H,4,7H2,1-3H3,(H2,12,17)(H,14,15). The second-order valence-corrected chi connectivity index (χ2v) is 4.60. The molecule has 0 saturated carbocycles. The Bertz CT molecular complexity index is 395. The van der Waals surface area contributed by atoms with Gasteiger partial charge in [-0.2, -0.15) is 0 Å². The van der Waals surface area contributed by atoms with Gasteiger partial charge in [0.15, 0.2) is 5.82 Å². The number of nitrogens with one attached hydrogen (secondary N) is 1. The number of thiocarbonyl (C=S) groups is 1. The lowest BCUT2D eigenvalue weighted by atomic mass is 10.1. The van der Waals surface area contributed by atoms with E-state index < -0.39 is 0 Å². The zero-order valence-electron chi connectivity index (χ0n) is 10.4. The van der Waals surface area contributed by atoms with Gasteiger partial charge in [-0.15, -0.1) is 0 Å². The molecule has 1 aromatic heterocycles. The lowest BCUT2D eigenvalue weighted by molar-refractivity contribution is 0.000637. The monoisotopic (exact) mass is 254 g/mol. The summed E-state index contributed by atoms with van der Waals surface area (Å²) in [6, 6.07) is 0. The quantitative estimate of drug-likeness (QED) is 0.746. The number of nitrogens with two attached hydrogens (primary N) is 1. The normalized spacial score (nSPS) is 11.2. The lowest BCUT2D eigenvalue weighted by Gasteiger charge is -2.25. The summed E-state index contributed by atoms with van der Waals surface area (Å²) >= 11 is 4.91. The van der Waals surface area contributed by atoms with Crippen molar-refractivity contribution in [2.45, 2.75) is 26.4 Å². The van der Waals surface area contributed by atoms with Gasteiger partial charge in [-0.3, -0.25) is 0 Å². The first kappa shape index (κ1) is 13.8. The van der Waals surface area contributed by atoms with Crippen LogP contribution in [0.25, 0.3) is 0 Å². The minimum atomic E-state index is -0.278. The average Bonchev–Trinajstić information content (AvgIpc) is 2.27. The highest BCUT2D eigenvalue weighted by Crippen LogP contribution is 2.13. The van der Waals surface area contributed by atoms with E-state index in [1.807, 2.05) is 20.8 Å². The molecule has 0 spiro atoms. The van der Waals surface area contributed by atoms with Crippen molar-refractivity contribution < 1.29 is 4.74 Å². The minimum Gasteiger partial charge on any atom is -0.388 e. The molecule has 0 aliphatic carbocycles. The number of hydrogen-bond acceptors (Lipinski definition) is 5. The van der Waals surface area contributed by atoms with Crippen LogP contribution in [0.1, 0.15) is 26.5 Å². The van der Waals surface area contributed by atoms with Gasteiger partial charge in [0.25, 0.3) is 0 Å². The Morgan fingerprint density at radius 1 is 1.47 bits per heavy atom. The third kappa shape index (κ3) is 4.24. The van der Waals surface area contributed by atoms with Crippen LogP contribution >= 0.6 is 12.2 Å². The molecule has 0 amide bonds. The van der Waals surface area contributed by atoms with Crippen molar-refractivity contribution >= 4 is 23.0 Å². The molecular weight excluding hydrogens is 236 g/mol. The third-order valence-electron chi connectivity index (χ3n) is 2.15. The number of aromatic nitrogens is 2. The van der Waals surface area contributed by atoms with Gasteiger partial charge >= 0.3 is 0 Å². The van der Waals surface area contributed by atoms with Crippen LogP contribution in [-0.2, 0) is 4.74 Å². The Labute approximate surface area is 107 Å². The first-order valence-electron chi connectivity index (χ1n) is 5.45. The van der Waals surface area contributed by atoms with Crippen LogP contribution in [-0.4, -0.2) is 33.7 Å². The lowest BCUT2D eigenvalue weighted by Crippen LogP contribution is -2.34. The van der Waals surface area contributed by atoms with Crippen LogP contribution in [0, 0.1) is 0 Å². The largest absolute Gasteiger partial charge is 0.388 e. The van der Waals surface area contributed by atoms with Crippen LogP contribution in [0.3, 0.4) is 0 Å². The fourth-order valence-electron chi connectivity index (χ4n) is 1.39. The van der Waals surface area contributed by atoms with Crippen molar-refractivity contribution in [3.05, 3.63) is 18.1 Å². The molecule has 1 heterocycles. The predicted octanol–water partition coefficient (Wildman–Crippen LogP) is 1.34. The Morgan fingerprint density at radius 2 is 2.12 bits per heavy atom. The van der Waals surface area contributed by atoms with Crippen molar-refractivity contribution in [3.8, 4) is 0 Å². The Kier molecular flexibility index (Phi) is 4.77. The molecule has 0 radical (unpaired) electrons. The molecule has 0 fully saturated rings. The number of ether oxygens (including phenoxy) is 1. The second-order valence-electron chi connectivity index (χ2n) is 4.16. The molecule has 0 aliphatic rings. The maximum Gasteiger partial charge on any atom is 0.155 e. The summed E-state index contributed by atoms with van der Waals surface area (Å²) in [5.74, 6) is 0.591. The summed E-state index contributed by atoms with van der Waals surface area (Å²) in [5, 5.41) is 3.15. The minimum absolute atomic E-state index is 0.231. The van der Waals surface area contributed by atoms with Crippen LogP contribution in [0.2, 0.25) is 0 Å².